The number of rotatable bonds is 3. The summed E-state index contributed by atoms with van der Waals surface area (Å²) < 4.78 is 18.6. The van der Waals surface area contributed by atoms with Gasteiger partial charge in [-0.3, -0.25) is 10.1 Å². The molecule has 1 aromatic heterocycles. The minimum atomic E-state index is -0.771. The number of hydrogen-bond acceptors (Lipinski definition) is 6. The van der Waals surface area contributed by atoms with Crippen molar-refractivity contribution < 1.29 is 14.1 Å². The van der Waals surface area contributed by atoms with Crippen molar-refractivity contribution in [2.45, 2.75) is 6.92 Å². The Morgan fingerprint density at radius 2 is 2.21 bits per heavy atom. The first-order valence-corrected chi connectivity index (χ1v) is 5.18. The van der Waals surface area contributed by atoms with Crippen molar-refractivity contribution in [3.8, 4) is 11.6 Å². The van der Waals surface area contributed by atoms with Gasteiger partial charge in [-0.05, 0) is 18.6 Å². The van der Waals surface area contributed by atoms with Crippen LogP contribution in [0.3, 0.4) is 0 Å². The van der Waals surface area contributed by atoms with E-state index in [4.69, 9.17) is 10.5 Å². The second kappa shape index (κ2) is 4.84. The summed E-state index contributed by atoms with van der Waals surface area (Å²) in [5, 5.41) is 10.6. The first-order valence-electron chi connectivity index (χ1n) is 5.18. The zero-order chi connectivity index (χ0) is 14.0. The number of hydrogen-bond donors (Lipinski definition) is 1. The number of ether oxygens (including phenoxy) is 1. The van der Waals surface area contributed by atoms with Gasteiger partial charge < -0.3 is 10.5 Å². The number of anilines is 1. The molecule has 0 amide bonds. The number of halogens is 1. The third-order valence-corrected chi connectivity index (χ3v) is 2.31. The number of nitro benzene ring substituents is 1. The molecule has 2 aromatic rings. The first kappa shape index (κ1) is 12.7. The molecule has 0 aliphatic heterocycles. The Morgan fingerprint density at radius 3 is 2.84 bits per heavy atom. The average Bonchev–Trinajstić information content (AvgIpc) is 2.36. The Morgan fingerprint density at radius 1 is 1.47 bits per heavy atom. The molecule has 8 heteroatoms. The third kappa shape index (κ3) is 2.73. The van der Waals surface area contributed by atoms with Crippen molar-refractivity contribution >= 4 is 11.6 Å². The second-order valence-electron chi connectivity index (χ2n) is 3.69. The maximum absolute atomic E-state index is 13.4. The lowest BCUT2D eigenvalue weighted by Gasteiger charge is -2.08. The van der Waals surface area contributed by atoms with Gasteiger partial charge in [-0.15, -0.1) is 0 Å². The van der Waals surface area contributed by atoms with Gasteiger partial charge in [-0.1, -0.05) is 0 Å². The van der Waals surface area contributed by atoms with E-state index in [1.165, 1.54) is 18.2 Å². The fourth-order valence-corrected chi connectivity index (χ4v) is 1.40. The van der Waals surface area contributed by atoms with Crippen molar-refractivity contribution in [3.63, 3.8) is 0 Å². The molecule has 0 unspecified atom stereocenters. The average molecular weight is 264 g/mol. The summed E-state index contributed by atoms with van der Waals surface area (Å²) >= 11 is 0. The number of nitrogens with two attached hydrogens (primary N) is 1. The Balaban J connectivity index is 2.33. The summed E-state index contributed by atoms with van der Waals surface area (Å²) in [6, 6.07) is 3.94. The van der Waals surface area contributed by atoms with E-state index in [-0.39, 0.29) is 23.3 Å². The van der Waals surface area contributed by atoms with Crippen LogP contribution in [-0.2, 0) is 0 Å². The van der Waals surface area contributed by atoms with E-state index < -0.39 is 10.7 Å². The first-order chi connectivity index (χ1) is 8.97. The quantitative estimate of drug-likeness (QED) is 0.673. The van der Waals surface area contributed by atoms with Crippen LogP contribution < -0.4 is 10.5 Å². The summed E-state index contributed by atoms with van der Waals surface area (Å²) in [6.07, 6.45) is 0.887. The largest absolute Gasteiger partial charge is 0.436 e. The van der Waals surface area contributed by atoms with Gasteiger partial charge >= 0.3 is 0 Å². The molecule has 0 aliphatic rings. The predicted molar refractivity (Wildman–Crippen MR) is 64.3 cm³/mol. The lowest BCUT2D eigenvalue weighted by atomic mass is 10.2. The van der Waals surface area contributed by atoms with Crippen molar-refractivity contribution in [3.05, 3.63) is 45.9 Å². The van der Waals surface area contributed by atoms with E-state index in [2.05, 4.69) is 9.97 Å². The fourth-order valence-electron chi connectivity index (χ4n) is 1.40. The number of nitrogens with zero attached hydrogens (tertiary/aromatic N) is 3. The van der Waals surface area contributed by atoms with Gasteiger partial charge in [0.05, 0.1) is 11.1 Å². The molecule has 2 N–H and O–H groups in total. The highest BCUT2D eigenvalue weighted by molar-refractivity contribution is 5.44. The minimum absolute atomic E-state index is 0.0764. The van der Waals surface area contributed by atoms with Crippen molar-refractivity contribution in [1.82, 2.24) is 9.97 Å². The van der Waals surface area contributed by atoms with E-state index in [9.17, 15) is 14.5 Å². The summed E-state index contributed by atoms with van der Waals surface area (Å²) in [5.41, 5.74) is 5.73. The van der Waals surface area contributed by atoms with Crippen LogP contribution in [0.4, 0.5) is 16.0 Å². The van der Waals surface area contributed by atoms with Crippen molar-refractivity contribution in [2.24, 2.45) is 0 Å². The van der Waals surface area contributed by atoms with Gasteiger partial charge in [-0.25, -0.2) is 4.98 Å². The maximum Gasteiger partial charge on any atom is 0.269 e. The van der Waals surface area contributed by atoms with E-state index in [1.54, 1.807) is 6.92 Å². The third-order valence-electron chi connectivity index (χ3n) is 2.31. The number of aromatic nitrogens is 2. The summed E-state index contributed by atoms with van der Waals surface area (Å²) in [5.74, 6) is -0.977. The van der Waals surface area contributed by atoms with Gasteiger partial charge in [0.15, 0.2) is 0 Å². The van der Waals surface area contributed by atoms with Gasteiger partial charge in [0.2, 0.25) is 11.8 Å². The highest BCUT2D eigenvalue weighted by atomic mass is 19.1. The van der Waals surface area contributed by atoms with E-state index in [0.29, 0.717) is 5.56 Å². The molecule has 0 bridgehead atoms. The summed E-state index contributed by atoms with van der Waals surface area (Å²) in [7, 11) is 0. The van der Waals surface area contributed by atoms with Crippen LogP contribution >= 0.6 is 0 Å². The van der Waals surface area contributed by atoms with Crippen LogP contribution in [0.15, 0.2) is 24.4 Å². The lowest BCUT2D eigenvalue weighted by Crippen LogP contribution is -2.00. The van der Waals surface area contributed by atoms with Gasteiger partial charge in [0.25, 0.3) is 11.6 Å². The van der Waals surface area contributed by atoms with Crippen LogP contribution in [0.5, 0.6) is 11.6 Å². The highest BCUT2D eigenvalue weighted by Gasteiger charge is 2.13. The number of nitro groups is 1. The number of aryl methyl sites for hydroxylation is 1. The summed E-state index contributed by atoms with van der Waals surface area (Å²) in [4.78, 5) is 17.1. The number of non-ortho nitro benzene ring substituents is 1. The second-order valence-corrected chi connectivity index (χ2v) is 3.69. The molecular formula is C11H9FN4O3. The molecule has 7 nitrogen and oxygen atoms in total. The summed E-state index contributed by atoms with van der Waals surface area (Å²) in [6.45, 7) is 1.60. The molecule has 19 heavy (non-hydrogen) atoms. The standard InChI is InChI=1S/C11H9FN4O3/c1-6-4-7(16(17)18)2-3-9(6)19-10-8(12)5-14-11(13)15-10/h2-5H,1H3,(H2,13,14,15). The van der Waals surface area contributed by atoms with Crippen LogP contribution in [0, 0.1) is 22.9 Å². The molecule has 2 rings (SSSR count). The normalized spacial score (nSPS) is 10.2. The Labute approximate surface area is 107 Å². The molecular weight excluding hydrogens is 255 g/mol. The van der Waals surface area contributed by atoms with Crippen LogP contribution in [0.1, 0.15) is 5.56 Å². The fraction of sp³-hybridized carbons (Fsp3) is 0.0909. The zero-order valence-corrected chi connectivity index (χ0v) is 9.83. The van der Waals surface area contributed by atoms with Crippen LogP contribution in [0.2, 0.25) is 0 Å². The van der Waals surface area contributed by atoms with Crippen molar-refractivity contribution in [2.75, 3.05) is 5.73 Å². The Bertz CT molecular complexity index is 648. The van der Waals surface area contributed by atoms with Gasteiger partial charge in [0, 0.05) is 12.1 Å². The smallest absolute Gasteiger partial charge is 0.269 e. The Hall–Kier alpha value is -2.77. The molecule has 0 atom stereocenters. The number of benzene rings is 1. The van der Waals surface area contributed by atoms with Gasteiger partial charge in [0.1, 0.15) is 5.75 Å². The Kier molecular flexibility index (Phi) is 3.23. The zero-order valence-electron chi connectivity index (χ0n) is 9.83. The van der Waals surface area contributed by atoms with Crippen LogP contribution in [-0.4, -0.2) is 14.9 Å². The predicted octanol–water partition coefficient (Wildman–Crippen LogP) is 2.21. The molecule has 98 valence electrons. The molecule has 0 spiro atoms. The van der Waals surface area contributed by atoms with E-state index in [1.807, 2.05) is 0 Å². The molecule has 0 saturated heterocycles. The molecule has 1 heterocycles. The lowest BCUT2D eigenvalue weighted by molar-refractivity contribution is -0.384. The maximum atomic E-state index is 13.4. The van der Waals surface area contributed by atoms with E-state index in [0.717, 1.165) is 6.20 Å². The highest BCUT2D eigenvalue weighted by Crippen LogP contribution is 2.28. The minimum Gasteiger partial charge on any atom is -0.436 e. The molecule has 0 radical (unpaired) electrons. The molecule has 0 fully saturated rings. The SMILES string of the molecule is Cc1cc([N+](=O)[O-])ccc1Oc1nc(N)ncc1F. The molecule has 0 aliphatic carbocycles. The topological polar surface area (TPSA) is 104 Å². The van der Waals surface area contributed by atoms with Crippen molar-refractivity contribution in [1.29, 1.82) is 0 Å². The number of nitrogen functional groups attached to an aromatic ring is 1. The molecule has 1 aromatic carbocycles. The monoisotopic (exact) mass is 264 g/mol. The van der Waals surface area contributed by atoms with Crippen LogP contribution in [0.25, 0.3) is 0 Å². The molecule has 0 saturated carbocycles. The van der Waals surface area contributed by atoms with Gasteiger partial charge in [-0.2, -0.15) is 9.37 Å². The van der Waals surface area contributed by atoms with E-state index >= 15 is 0 Å².